The molecule has 0 spiro atoms. The van der Waals surface area contributed by atoms with Gasteiger partial charge in [-0.25, -0.2) is 17.2 Å². The number of aromatic nitrogens is 2. The van der Waals surface area contributed by atoms with Gasteiger partial charge in [-0.1, -0.05) is 6.07 Å². The van der Waals surface area contributed by atoms with E-state index >= 15 is 0 Å². The number of sulfone groups is 1. The maximum absolute atomic E-state index is 13.6. The van der Waals surface area contributed by atoms with Crippen molar-refractivity contribution in [3.05, 3.63) is 75.2 Å². The largest absolute Gasteiger partial charge is 0.490 e. The molecule has 0 aliphatic heterocycles. The number of halogens is 2. The van der Waals surface area contributed by atoms with Gasteiger partial charge in [0.25, 0.3) is 0 Å². The van der Waals surface area contributed by atoms with E-state index in [1.807, 2.05) is 0 Å². The van der Waals surface area contributed by atoms with Crippen LogP contribution >= 0.6 is 0 Å². The van der Waals surface area contributed by atoms with E-state index in [2.05, 4.69) is 10.3 Å². The Morgan fingerprint density at radius 2 is 1.84 bits per heavy atom. The lowest BCUT2D eigenvalue weighted by Gasteiger charge is -2.18. The quantitative estimate of drug-likeness (QED) is 0.621. The Labute approximate surface area is 178 Å². The first-order chi connectivity index (χ1) is 14.5. The van der Waals surface area contributed by atoms with Crippen LogP contribution in [0.4, 0.5) is 20.4 Å². The molecule has 0 radical (unpaired) electrons. The number of benzene rings is 2. The second-order valence-corrected chi connectivity index (χ2v) is 9.14. The summed E-state index contributed by atoms with van der Waals surface area (Å²) in [5.41, 5.74) is 1.72. The average Bonchev–Trinajstić information content (AvgIpc) is 2.69. The Hall–Kier alpha value is -3.27. The summed E-state index contributed by atoms with van der Waals surface area (Å²) in [6.45, 7) is 3.61. The van der Waals surface area contributed by atoms with Crippen molar-refractivity contribution in [2.45, 2.75) is 25.3 Å². The zero-order valence-corrected chi connectivity index (χ0v) is 18.2. The standard InChI is InChI=1S/C21H21F2N3O4S/c1-12-7-15(31(4,28)29)9-18(13(12)2)24-21-25-20(27)19(30-3)11-26(21)10-14-5-6-16(22)17(23)8-14/h5-9,11H,10H2,1-4H3,(H,24,25,27). The van der Waals surface area contributed by atoms with E-state index in [9.17, 15) is 22.0 Å². The lowest BCUT2D eigenvalue weighted by molar-refractivity contribution is 0.402. The third-order valence-electron chi connectivity index (χ3n) is 4.84. The van der Waals surface area contributed by atoms with Gasteiger partial charge in [0.05, 0.1) is 24.7 Å². The monoisotopic (exact) mass is 449 g/mol. The molecule has 0 aliphatic carbocycles. The molecule has 10 heteroatoms. The Kier molecular flexibility index (Phi) is 6.12. The normalized spacial score (nSPS) is 11.4. The minimum atomic E-state index is -3.47. The topological polar surface area (TPSA) is 90.3 Å². The molecule has 0 saturated carbocycles. The zero-order chi connectivity index (χ0) is 22.9. The molecule has 2 aromatic carbocycles. The van der Waals surface area contributed by atoms with Gasteiger partial charge in [-0.15, -0.1) is 0 Å². The van der Waals surface area contributed by atoms with E-state index in [0.717, 1.165) is 29.5 Å². The maximum Gasteiger partial charge on any atom is 0.316 e. The highest BCUT2D eigenvalue weighted by molar-refractivity contribution is 7.90. The number of nitrogens with zero attached hydrogens (tertiary/aromatic N) is 2. The summed E-state index contributed by atoms with van der Waals surface area (Å²) in [5.74, 6) is -1.92. The van der Waals surface area contributed by atoms with Gasteiger partial charge in [0.15, 0.2) is 21.5 Å². The summed E-state index contributed by atoms with van der Waals surface area (Å²) >= 11 is 0. The summed E-state index contributed by atoms with van der Waals surface area (Å²) in [6.07, 6.45) is 2.49. The van der Waals surface area contributed by atoms with Crippen LogP contribution in [-0.2, 0) is 16.4 Å². The fourth-order valence-electron chi connectivity index (χ4n) is 2.96. The molecule has 0 atom stereocenters. The highest BCUT2D eigenvalue weighted by atomic mass is 32.2. The van der Waals surface area contributed by atoms with Gasteiger partial charge in [-0.3, -0.25) is 4.79 Å². The van der Waals surface area contributed by atoms with E-state index < -0.39 is 27.0 Å². The molecule has 1 aromatic heterocycles. The predicted molar refractivity (Wildman–Crippen MR) is 113 cm³/mol. The van der Waals surface area contributed by atoms with Crippen molar-refractivity contribution in [1.82, 2.24) is 9.55 Å². The van der Waals surface area contributed by atoms with Crippen LogP contribution in [0.3, 0.4) is 0 Å². The Balaban J connectivity index is 2.11. The van der Waals surface area contributed by atoms with E-state index in [1.165, 1.54) is 30.0 Å². The van der Waals surface area contributed by atoms with Crippen LogP contribution in [0.2, 0.25) is 0 Å². The van der Waals surface area contributed by atoms with Crippen molar-refractivity contribution >= 4 is 21.5 Å². The highest BCUT2D eigenvalue weighted by Gasteiger charge is 2.16. The summed E-state index contributed by atoms with van der Waals surface area (Å²) in [7, 11) is -2.15. The highest BCUT2D eigenvalue weighted by Crippen LogP contribution is 2.27. The first kappa shape index (κ1) is 22.4. The van der Waals surface area contributed by atoms with Gasteiger partial charge >= 0.3 is 5.56 Å². The van der Waals surface area contributed by atoms with E-state index in [4.69, 9.17) is 4.74 Å². The van der Waals surface area contributed by atoms with Gasteiger partial charge in [0.2, 0.25) is 11.7 Å². The SMILES string of the molecule is COc1cn(Cc2ccc(F)c(F)c2)c(Nc2cc(S(C)(=O)=O)cc(C)c2C)nc1=O. The van der Waals surface area contributed by atoms with Crippen LogP contribution in [0, 0.1) is 25.5 Å². The van der Waals surface area contributed by atoms with Crippen molar-refractivity contribution in [2.75, 3.05) is 18.7 Å². The number of nitrogens with one attached hydrogen (secondary N) is 1. The summed E-state index contributed by atoms with van der Waals surface area (Å²) in [5, 5.41) is 3.00. The summed E-state index contributed by atoms with van der Waals surface area (Å²) in [4.78, 5) is 16.4. The number of aryl methyl sites for hydroxylation is 1. The minimum Gasteiger partial charge on any atom is -0.490 e. The van der Waals surface area contributed by atoms with Crippen LogP contribution in [-0.4, -0.2) is 31.3 Å². The van der Waals surface area contributed by atoms with Crippen molar-refractivity contribution in [1.29, 1.82) is 0 Å². The molecule has 3 aromatic rings. The molecular formula is C21H21F2N3O4S. The number of rotatable bonds is 6. The molecule has 0 unspecified atom stereocenters. The molecule has 7 nitrogen and oxygen atoms in total. The third-order valence-corrected chi connectivity index (χ3v) is 5.93. The third kappa shape index (κ3) is 4.91. The second kappa shape index (κ2) is 8.46. The van der Waals surface area contributed by atoms with Crippen LogP contribution in [0.15, 0.2) is 46.2 Å². The molecule has 1 heterocycles. The Morgan fingerprint density at radius 1 is 1.13 bits per heavy atom. The van der Waals surface area contributed by atoms with E-state index in [-0.39, 0.29) is 23.1 Å². The summed E-state index contributed by atoms with van der Waals surface area (Å²) in [6, 6.07) is 6.48. The molecule has 0 fully saturated rings. The first-order valence-electron chi connectivity index (χ1n) is 9.17. The Bertz CT molecular complexity index is 1320. The smallest absolute Gasteiger partial charge is 0.316 e. The molecule has 1 N–H and O–H groups in total. The molecule has 0 saturated heterocycles. The first-order valence-corrected chi connectivity index (χ1v) is 11.1. The zero-order valence-electron chi connectivity index (χ0n) is 17.4. The van der Waals surface area contributed by atoms with Crippen LogP contribution in [0.5, 0.6) is 5.75 Å². The second-order valence-electron chi connectivity index (χ2n) is 7.12. The van der Waals surface area contributed by atoms with Crippen LogP contribution < -0.4 is 15.6 Å². The fourth-order valence-corrected chi connectivity index (χ4v) is 3.68. The van der Waals surface area contributed by atoms with Crippen LogP contribution in [0.25, 0.3) is 0 Å². The lowest BCUT2D eigenvalue weighted by atomic mass is 10.1. The average molecular weight is 449 g/mol. The van der Waals surface area contributed by atoms with Crippen molar-refractivity contribution in [3.8, 4) is 5.75 Å². The van der Waals surface area contributed by atoms with Crippen LogP contribution in [0.1, 0.15) is 16.7 Å². The molecule has 0 bridgehead atoms. The van der Waals surface area contributed by atoms with Gasteiger partial charge in [0.1, 0.15) is 0 Å². The Morgan fingerprint density at radius 3 is 2.45 bits per heavy atom. The molecule has 0 aliphatic rings. The summed E-state index contributed by atoms with van der Waals surface area (Å²) < 4.78 is 57.5. The minimum absolute atomic E-state index is 0.0362. The number of methoxy groups -OCH3 is 1. The number of hydrogen-bond donors (Lipinski definition) is 1. The van der Waals surface area contributed by atoms with Gasteiger partial charge < -0.3 is 14.6 Å². The van der Waals surface area contributed by atoms with Crippen molar-refractivity contribution < 1.29 is 21.9 Å². The number of hydrogen-bond acceptors (Lipinski definition) is 6. The number of anilines is 2. The predicted octanol–water partition coefficient (Wildman–Crippen LogP) is 3.34. The molecule has 164 valence electrons. The van der Waals surface area contributed by atoms with Gasteiger partial charge in [-0.05, 0) is 54.8 Å². The van der Waals surface area contributed by atoms with Gasteiger partial charge in [-0.2, -0.15) is 4.98 Å². The van der Waals surface area contributed by atoms with Crippen molar-refractivity contribution in [3.63, 3.8) is 0 Å². The maximum atomic E-state index is 13.6. The lowest BCUT2D eigenvalue weighted by Crippen LogP contribution is -2.19. The van der Waals surface area contributed by atoms with E-state index in [0.29, 0.717) is 11.3 Å². The fraction of sp³-hybridized carbons (Fsp3) is 0.238. The molecule has 0 amide bonds. The number of ether oxygens (including phenoxy) is 1. The molecule has 31 heavy (non-hydrogen) atoms. The molecular weight excluding hydrogens is 428 g/mol. The van der Waals surface area contributed by atoms with Gasteiger partial charge in [0, 0.05) is 11.9 Å². The van der Waals surface area contributed by atoms with Crippen molar-refractivity contribution in [2.24, 2.45) is 0 Å². The molecule has 3 rings (SSSR count). The van der Waals surface area contributed by atoms with E-state index in [1.54, 1.807) is 19.9 Å².